The van der Waals surface area contributed by atoms with Crippen molar-refractivity contribution in [3.8, 4) is 11.5 Å². The minimum atomic E-state index is 0.584. The highest BCUT2D eigenvalue weighted by atomic mass is 32.1. The second kappa shape index (κ2) is 3.97. The number of H-pyrrole nitrogens is 1. The second-order valence-electron chi connectivity index (χ2n) is 4.28. The highest BCUT2D eigenvalue weighted by molar-refractivity contribution is 7.09. The van der Waals surface area contributed by atoms with Crippen LogP contribution in [0, 0.1) is 6.92 Å². The first-order valence-electron chi connectivity index (χ1n) is 5.68. The molecule has 1 N–H and O–H groups in total. The van der Waals surface area contributed by atoms with Crippen molar-refractivity contribution >= 4 is 11.3 Å². The molecule has 2 aromatic heterocycles. The SMILES string of the molecule is Cc1nc(-c2n[nH]c(C3CCCC3)n2)cs1. The van der Waals surface area contributed by atoms with Gasteiger partial charge in [0.1, 0.15) is 11.5 Å². The van der Waals surface area contributed by atoms with E-state index in [2.05, 4.69) is 20.2 Å². The van der Waals surface area contributed by atoms with Gasteiger partial charge in [-0.25, -0.2) is 9.97 Å². The number of thiazole rings is 1. The Kier molecular flexibility index (Phi) is 2.47. The van der Waals surface area contributed by atoms with E-state index in [4.69, 9.17) is 0 Å². The van der Waals surface area contributed by atoms with Crippen LogP contribution < -0.4 is 0 Å². The molecule has 0 saturated heterocycles. The van der Waals surface area contributed by atoms with E-state index in [1.807, 2.05) is 12.3 Å². The molecule has 2 aromatic rings. The summed E-state index contributed by atoms with van der Waals surface area (Å²) in [4.78, 5) is 8.95. The molecule has 4 nitrogen and oxygen atoms in total. The summed E-state index contributed by atoms with van der Waals surface area (Å²) >= 11 is 1.64. The van der Waals surface area contributed by atoms with E-state index in [1.54, 1.807) is 11.3 Å². The Hall–Kier alpha value is -1.23. The molecule has 1 saturated carbocycles. The predicted octanol–water partition coefficient (Wildman–Crippen LogP) is 2.89. The Morgan fingerprint density at radius 3 is 2.81 bits per heavy atom. The van der Waals surface area contributed by atoms with Crippen molar-refractivity contribution in [2.75, 3.05) is 0 Å². The van der Waals surface area contributed by atoms with Crippen molar-refractivity contribution in [3.05, 3.63) is 16.2 Å². The van der Waals surface area contributed by atoms with Crippen molar-refractivity contribution in [1.82, 2.24) is 20.2 Å². The van der Waals surface area contributed by atoms with Crippen molar-refractivity contribution in [1.29, 1.82) is 0 Å². The van der Waals surface area contributed by atoms with E-state index in [0.717, 1.165) is 22.4 Å². The number of hydrogen-bond acceptors (Lipinski definition) is 4. The molecule has 0 radical (unpaired) electrons. The summed E-state index contributed by atoms with van der Waals surface area (Å²) in [6.07, 6.45) is 5.11. The molecule has 2 heterocycles. The lowest BCUT2D eigenvalue weighted by atomic mass is 10.1. The Morgan fingerprint density at radius 1 is 1.31 bits per heavy atom. The first kappa shape index (κ1) is 9.96. The Morgan fingerprint density at radius 2 is 2.12 bits per heavy atom. The van der Waals surface area contributed by atoms with E-state index in [0.29, 0.717) is 5.92 Å². The summed E-state index contributed by atoms with van der Waals surface area (Å²) in [6.45, 7) is 2.00. The van der Waals surface area contributed by atoms with Crippen LogP contribution in [-0.2, 0) is 0 Å². The molecule has 0 spiro atoms. The van der Waals surface area contributed by atoms with Crippen LogP contribution in [0.1, 0.15) is 42.4 Å². The lowest BCUT2D eigenvalue weighted by molar-refractivity contribution is 0.672. The highest BCUT2D eigenvalue weighted by Crippen LogP contribution is 2.32. The zero-order chi connectivity index (χ0) is 11.0. The molecular weight excluding hydrogens is 220 g/mol. The standard InChI is InChI=1S/C11H14N4S/c1-7-12-9(6-16-7)11-13-10(14-15-11)8-4-2-3-5-8/h6,8H,2-5H2,1H3,(H,13,14,15). The van der Waals surface area contributed by atoms with E-state index < -0.39 is 0 Å². The van der Waals surface area contributed by atoms with Gasteiger partial charge < -0.3 is 0 Å². The normalized spacial score (nSPS) is 17.1. The number of nitrogens with one attached hydrogen (secondary N) is 1. The first-order valence-corrected chi connectivity index (χ1v) is 6.55. The third-order valence-corrected chi connectivity index (χ3v) is 3.87. The lowest BCUT2D eigenvalue weighted by Gasteiger charge is -2.01. The lowest BCUT2D eigenvalue weighted by Crippen LogP contribution is -1.94. The third-order valence-electron chi connectivity index (χ3n) is 3.09. The van der Waals surface area contributed by atoms with Crippen LogP contribution in [0.2, 0.25) is 0 Å². The summed E-state index contributed by atoms with van der Waals surface area (Å²) in [7, 11) is 0. The fourth-order valence-corrected chi connectivity index (χ4v) is 2.83. The van der Waals surface area contributed by atoms with Gasteiger partial charge in [-0.15, -0.1) is 11.3 Å². The molecule has 0 amide bonds. The Balaban J connectivity index is 1.87. The molecule has 0 aliphatic heterocycles. The fraction of sp³-hybridized carbons (Fsp3) is 0.545. The van der Waals surface area contributed by atoms with Crippen LogP contribution in [0.3, 0.4) is 0 Å². The minimum Gasteiger partial charge on any atom is -0.262 e. The van der Waals surface area contributed by atoms with E-state index in [1.165, 1.54) is 25.7 Å². The molecule has 1 aliphatic rings. The van der Waals surface area contributed by atoms with Gasteiger partial charge in [-0.2, -0.15) is 5.10 Å². The van der Waals surface area contributed by atoms with Crippen molar-refractivity contribution in [2.45, 2.75) is 38.5 Å². The predicted molar refractivity (Wildman–Crippen MR) is 63.4 cm³/mol. The maximum atomic E-state index is 4.55. The average Bonchev–Trinajstić information content (AvgIpc) is 2.97. The fourth-order valence-electron chi connectivity index (χ4n) is 2.24. The number of hydrogen-bond donors (Lipinski definition) is 1. The largest absolute Gasteiger partial charge is 0.262 e. The van der Waals surface area contributed by atoms with Crippen LogP contribution in [0.5, 0.6) is 0 Å². The van der Waals surface area contributed by atoms with Gasteiger partial charge in [0.05, 0.1) is 5.01 Å². The average molecular weight is 234 g/mol. The van der Waals surface area contributed by atoms with Crippen molar-refractivity contribution in [2.24, 2.45) is 0 Å². The monoisotopic (exact) mass is 234 g/mol. The van der Waals surface area contributed by atoms with Crippen molar-refractivity contribution < 1.29 is 0 Å². The summed E-state index contributed by atoms with van der Waals surface area (Å²) in [6, 6.07) is 0. The van der Waals surface area contributed by atoms with Gasteiger partial charge in [0.25, 0.3) is 0 Å². The van der Waals surface area contributed by atoms with Gasteiger partial charge in [-0.1, -0.05) is 12.8 Å². The zero-order valence-corrected chi connectivity index (χ0v) is 10.0. The third kappa shape index (κ3) is 1.75. The molecule has 1 aliphatic carbocycles. The van der Waals surface area contributed by atoms with Crippen LogP contribution in [0.25, 0.3) is 11.5 Å². The van der Waals surface area contributed by atoms with Gasteiger partial charge >= 0.3 is 0 Å². The number of aromatic amines is 1. The van der Waals surface area contributed by atoms with Gasteiger partial charge in [0.15, 0.2) is 0 Å². The molecule has 3 rings (SSSR count). The molecular formula is C11H14N4S. The maximum Gasteiger partial charge on any atom is 0.200 e. The summed E-state index contributed by atoms with van der Waals surface area (Å²) in [5.74, 6) is 2.37. The van der Waals surface area contributed by atoms with Crippen LogP contribution in [0.4, 0.5) is 0 Å². The van der Waals surface area contributed by atoms with E-state index in [9.17, 15) is 0 Å². The number of rotatable bonds is 2. The van der Waals surface area contributed by atoms with Crippen LogP contribution >= 0.6 is 11.3 Å². The van der Waals surface area contributed by atoms with E-state index >= 15 is 0 Å². The van der Waals surface area contributed by atoms with Gasteiger partial charge in [-0.05, 0) is 19.8 Å². The number of aryl methyl sites for hydroxylation is 1. The first-order chi connectivity index (χ1) is 7.83. The molecule has 0 bridgehead atoms. The molecule has 0 atom stereocenters. The molecule has 16 heavy (non-hydrogen) atoms. The molecule has 0 unspecified atom stereocenters. The summed E-state index contributed by atoms with van der Waals surface area (Å²) < 4.78 is 0. The summed E-state index contributed by atoms with van der Waals surface area (Å²) in [5, 5.41) is 10.4. The quantitative estimate of drug-likeness (QED) is 0.869. The smallest absolute Gasteiger partial charge is 0.200 e. The maximum absolute atomic E-state index is 4.55. The van der Waals surface area contributed by atoms with Gasteiger partial charge in [0, 0.05) is 11.3 Å². The van der Waals surface area contributed by atoms with E-state index in [-0.39, 0.29) is 0 Å². The number of aromatic nitrogens is 4. The molecule has 5 heteroatoms. The Labute approximate surface area is 98.1 Å². The van der Waals surface area contributed by atoms with Gasteiger partial charge in [0.2, 0.25) is 5.82 Å². The van der Waals surface area contributed by atoms with Crippen LogP contribution in [-0.4, -0.2) is 20.2 Å². The molecule has 0 aromatic carbocycles. The van der Waals surface area contributed by atoms with Gasteiger partial charge in [-0.3, -0.25) is 5.10 Å². The minimum absolute atomic E-state index is 0.584. The molecule has 84 valence electrons. The summed E-state index contributed by atoms with van der Waals surface area (Å²) in [5.41, 5.74) is 0.892. The highest BCUT2D eigenvalue weighted by Gasteiger charge is 2.21. The zero-order valence-electron chi connectivity index (χ0n) is 9.23. The second-order valence-corrected chi connectivity index (χ2v) is 5.34. The topological polar surface area (TPSA) is 54.5 Å². The number of nitrogens with zero attached hydrogens (tertiary/aromatic N) is 3. The molecule has 1 fully saturated rings. The Bertz CT molecular complexity index is 482. The van der Waals surface area contributed by atoms with Crippen molar-refractivity contribution in [3.63, 3.8) is 0 Å². The van der Waals surface area contributed by atoms with Crippen LogP contribution in [0.15, 0.2) is 5.38 Å².